The van der Waals surface area contributed by atoms with Gasteiger partial charge in [0.1, 0.15) is 0 Å². The number of aromatic amines is 1. The van der Waals surface area contributed by atoms with Gasteiger partial charge in [0.25, 0.3) is 11.8 Å². The summed E-state index contributed by atoms with van der Waals surface area (Å²) in [4.78, 5) is 29.0. The fraction of sp³-hybridized carbons (Fsp3) is 0.185. The zero-order chi connectivity index (χ0) is 22.1. The third kappa shape index (κ3) is 3.89. The van der Waals surface area contributed by atoms with Gasteiger partial charge in [-0.3, -0.25) is 9.59 Å². The van der Waals surface area contributed by atoms with Crippen molar-refractivity contribution in [2.75, 3.05) is 10.6 Å². The Morgan fingerprint density at radius 1 is 0.812 bits per heavy atom. The number of nitrogens with one attached hydrogen (secondary N) is 3. The smallest absolute Gasteiger partial charge is 0.255 e. The first-order chi connectivity index (χ1) is 15.6. The van der Waals surface area contributed by atoms with Crippen LogP contribution in [0.3, 0.4) is 0 Å². The number of amides is 2. The van der Waals surface area contributed by atoms with Crippen molar-refractivity contribution in [3.05, 3.63) is 94.7 Å². The van der Waals surface area contributed by atoms with Gasteiger partial charge in [-0.2, -0.15) is 0 Å². The molecular formula is C27H25N3O2. The standard InChI is InChI=1S/C27H25N3O2/c1-17-11-13-20(28-26(31)18-7-3-2-4-8-18)16-25(17)30-27(32)19-12-14-24-22(15-19)21-9-5-6-10-23(21)29-24/h2-4,7-8,11-16,29H,5-6,9-10H2,1H3,(H,28,31)(H,30,32). The van der Waals surface area contributed by atoms with Gasteiger partial charge >= 0.3 is 0 Å². The molecule has 3 aromatic carbocycles. The molecule has 1 aliphatic carbocycles. The van der Waals surface area contributed by atoms with E-state index in [0.717, 1.165) is 29.3 Å². The topological polar surface area (TPSA) is 74.0 Å². The molecule has 0 spiro atoms. The lowest BCUT2D eigenvalue weighted by molar-refractivity contribution is 0.101. The van der Waals surface area contributed by atoms with Crippen LogP contribution >= 0.6 is 0 Å². The Bertz CT molecular complexity index is 1320. The van der Waals surface area contributed by atoms with E-state index in [0.29, 0.717) is 22.5 Å². The Balaban J connectivity index is 1.37. The molecule has 2 amide bonds. The minimum absolute atomic E-state index is 0.160. The Kier molecular flexibility index (Phi) is 5.23. The number of carbonyl (C=O) groups is 2. The van der Waals surface area contributed by atoms with Gasteiger partial charge in [0.05, 0.1) is 0 Å². The number of hydrogen-bond donors (Lipinski definition) is 3. The lowest BCUT2D eigenvalue weighted by Gasteiger charge is -2.12. The minimum atomic E-state index is -0.186. The molecule has 0 fully saturated rings. The minimum Gasteiger partial charge on any atom is -0.358 e. The van der Waals surface area contributed by atoms with Crippen LogP contribution in [0.25, 0.3) is 10.9 Å². The maximum atomic E-state index is 13.0. The first kappa shape index (κ1) is 20.1. The largest absolute Gasteiger partial charge is 0.358 e. The van der Waals surface area contributed by atoms with Gasteiger partial charge in [-0.05, 0) is 86.2 Å². The van der Waals surface area contributed by atoms with Gasteiger partial charge in [-0.15, -0.1) is 0 Å². The van der Waals surface area contributed by atoms with E-state index < -0.39 is 0 Å². The van der Waals surface area contributed by atoms with Gasteiger partial charge in [0.2, 0.25) is 0 Å². The summed E-state index contributed by atoms with van der Waals surface area (Å²) in [6.45, 7) is 1.93. The zero-order valence-corrected chi connectivity index (χ0v) is 18.0. The van der Waals surface area contributed by atoms with Crippen LogP contribution in [-0.2, 0) is 12.8 Å². The number of H-pyrrole nitrogens is 1. The highest BCUT2D eigenvalue weighted by molar-refractivity contribution is 6.08. The summed E-state index contributed by atoms with van der Waals surface area (Å²) >= 11 is 0. The van der Waals surface area contributed by atoms with Crippen molar-refractivity contribution >= 4 is 34.1 Å². The van der Waals surface area contributed by atoms with Crippen molar-refractivity contribution in [1.82, 2.24) is 4.98 Å². The van der Waals surface area contributed by atoms with E-state index in [1.54, 1.807) is 18.2 Å². The van der Waals surface area contributed by atoms with E-state index in [1.165, 1.54) is 24.1 Å². The van der Waals surface area contributed by atoms with Crippen molar-refractivity contribution in [2.45, 2.75) is 32.6 Å². The zero-order valence-electron chi connectivity index (χ0n) is 18.0. The summed E-state index contributed by atoms with van der Waals surface area (Å²) in [6, 6.07) is 20.4. The summed E-state index contributed by atoms with van der Waals surface area (Å²) in [5.74, 6) is -0.346. The van der Waals surface area contributed by atoms with Gasteiger partial charge in [0, 0.05) is 39.1 Å². The maximum absolute atomic E-state index is 13.0. The van der Waals surface area contributed by atoms with Crippen LogP contribution in [0.1, 0.15) is 50.4 Å². The van der Waals surface area contributed by atoms with Gasteiger partial charge < -0.3 is 15.6 Å². The number of anilines is 2. The normalized spacial score (nSPS) is 12.9. The molecule has 32 heavy (non-hydrogen) atoms. The molecule has 0 aliphatic heterocycles. The molecule has 3 N–H and O–H groups in total. The Morgan fingerprint density at radius 2 is 1.59 bits per heavy atom. The van der Waals surface area contributed by atoms with Crippen LogP contribution in [-0.4, -0.2) is 16.8 Å². The van der Waals surface area contributed by atoms with Gasteiger partial charge in [-0.25, -0.2) is 0 Å². The van der Waals surface area contributed by atoms with E-state index >= 15 is 0 Å². The predicted octanol–water partition coefficient (Wildman–Crippen LogP) is 5.86. The number of hydrogen-bond acceptors (Lipinski definition) is 2. The lowest BCUT2D eigenvalue weighted by atomic mass is 9.95. The lowest BCUT2D eigenvalue weighted by Crippen LogP contribution is -2.14. The molecule has 0 saturated heterocycles. The monoisotopic (exact) mass is 423 g/mol. The van der Waals surface area contributed by atoms with E-state index in [4.69, 9.17) is 0 Å². The maximum Gasteiger partial charge on any atom is 0.255 e. The van der Waals surface area contributed by atoms with Gasteiger partial charge in [0.15, 0.2) is 0 Å². The molecule has 1 aromatic heterocycles. The molecule has 0 saturated carbocycles. The van der Waals surface area contributed by atoms with Crippen LogP contribution in [0.5, 0.6) is 0 Å². The third-order valence-electron chi connectivity index (χ3n) is 6.14. The second kappa shape index (κ2) is 8.35. The molecule has 160 valence electrons. The molecule has 1 aliphatic rings. The number of fused-ring (bicyclic) bond motifs is 3. The summed E-state index contributed by atoms with van der Waals surface area (Å²) in [5, 5.41) is 7.06. The summed E-state index contributed by atoms with van der Waals surface area (Å²) in [6.07, 6.45) is 4.54. The van der Waals surface area contributed by atoms with Crippen molar-refractivity contribution in [3.8, 4) is 0 Å². The number of aromatic nitrogens is 1. The first-order valence-electron chi connectivity index (χ1n) is 11.0. The number of aryl methyl sites for hydroxylation is 3. The van der Waals surface area contributed by atoms with Crippen molar-refractivity contribution in [2.24, 2.45) is 0 Å². The molecule has 0 bridgehead atoms. The number of carbonyl (C=O) groups excluding carboxylic acids is 2. The summed E-state index contributed by atoms with van der Waals surface area (Å²) < 4.78 is 0. The number of rotatable bonds is 4. The molecule has 5 heteroatoms. The second-order valence-corrected chi connectivity index (χ2v) is 8.35. The van der Waals surface area contributed by atoms with Crippen molar-refractivity contribution in [1.29, 1.82) is 0 Å². The summed E-state index contributed by atoms with van der Waals surface area (Å²) in [5.41, 5.74) is 7.20. The molecule has 4 aromatic rings. The average molecular weight is 424 g/mol. The molecule has 5 rings (SSSR count). The van der Waals surface area contributed by atoms with E-state index in [-0.39, 0.29) is 11.8 Å². The summed E-state index contributed by atoms with van der Waals surface area (Å²) in [7, 11) is 0. The average Bonchev–Trinajstić information content (AvgIpc) is 3.19. The van der Waals surface area contributed by atoms with E-state index in [2.05, 4.69) is 15.6 Å². The SMILES string of the molecule is Cc1ccc(NC(=O)c2ccccc2)cc1NC(=O)c1ccc2[nH]c3c(c2c1)CCCC3. The Morgan fingerprint density at radius 3 is 2.44 bits per heavy atom. The molecule has 1 heterocycles. The molecular weight excluding hydrogens is 398 g/mol. The van der Waals surface area contributed by atoms with Crippen molar-refractivity contribution < 1.29 is 9.59 Å². The quantitative estimate of drug-likeness (QED) is 0.385. The van der Waals surface area contributed by atoms with E-state index in [9.17, 15) is 9.59 Å². The highest BCUT2D eigenvalue weighted by Crippen LogP contribution is 2.30. The Labute approximate surface area is 186 Å². The fourth-order valence-electron chi connectivity index (χ4n) is 4.37. The highest BCUT2D eigenvalue weighted by Gasteiger charge is 2.17. The van der Waals surface area contributed by atoms with Crippen LogP contribution in [0, 0.1) is 6.92 Å². The first-order valence-corrected chi connectivity index (χ1v) is 11.0. The molecule has 0 radical (unpaired) electrons. The predicted molar refractivity (Wildman–Crippen MR) is 128 cm³/mol. The molecule has 0 unspecified atom stereocenters. The molecule has 0 atom stereocenters. The molecule has 5 nitrogen and oxygen atoms in total. The van der Waals surface area contributed by atoms with Gasteiger partial charge in [-0.1, -0.05) is 24.3 Å². The fourth-order valence-corrected chi connectivity index (χ4v) is 4.37. The number of benzene rings is 3. The Hall–Kier alpha value is -3.86. The van der Waals surface area contributed by atoms with Crippen LogP contribution < -0.4 is 10.6 Å². The highest BCUT2D eigenvalue weighted by atomic mass is 16.2. The van der Waals surface area contributed by atoms with E-state index in [1.807, 2.05) is 55.5 Å². The second-order valence-electron chi connectivity index (χ2n) is 8.35. The third-order valence-corrected chi connectivity index (χ3v) is 6.14. The van der Waals surface area contributed by atoms with Crippen LogP contribution in [0.4, 0.5) is 11.4 Å². The van der Waals surface area contributed by atoms with Crippen LogP contribution in [0.2, 0.25) is 0 Å². The van der Waals surface area contributed by atoms with Crippen molar-refractivity contribution in [3.63, 3.8) is 0 Å². The van der Waals surface area contributed by atoms with Crippen LogP contribution in [0.15, 0.2) is 66.7 Å².